The molecule has 0 saturated carbocycles. The van der Waals surface area contributed by atoms with Crippen LogP contribution in [-0.2, 0) is 22.4 Å². The molecular formula is C19H18N4O3S. The van der Waals surface area contributed by atoms with Gasteiger partial charge in [0.25, 0.3) is 0 Å². The maximum absolute atomic E-state index is 12.3. The molecule has 2 aromatic heterocycles. The van der Waals surface area contributed by atoms with Crippen molar-refractivity contribution in [2.45, 2.75) is 33.1 Å². The Bertz CT molecular complexity index is 1020. The maximum Gasteiger partial charge on any atom is 0.230 e. The van der Waals surface area contributed by atoms with Gasteiger partial charge in [-0.1, -0.05) is 11.2 Å². The third kappa shape index (κ3) is 3.61. The van der Waals surface area contributed by atoms with E-state index in [9.17, 15) is 9.59 Å². The molecule has 2 amide bonds. The summed E-state index contributed by atoms with van der Waals surface area (Å²) in [6.07, 6.45) is 1.42. The van der Waals surface area contributed by atoms with Crippen molar-refractivity contribution >= 4 is 34.0 Å². The maximum atomic E-state index is 12.3. The number of anilines is 2. The van der Waals surface area contributed by atoms with Crippen molar-refractivity contribution in [1.82, 2.24) is 10.1 Å². The largest absolute Gasteiger partial charge is 0.361 e. The van der Waals surface area contributed by atoms with Crippen molar-refractivity contribution in [3.8, 4) is 11.3 Å². The summed E-state index contributed by atoms with van der Waals surface area (Å²) in [5.41, 5.74) is 5.26. The number of aryl methyl sites for hydroxylation is 3. The van der Waals surface area contributed by atoms with Crippen molar-refractivity contribution < 1.29 is 14.1 Å². The number of rotatable bonds is 4. The van der Waals surface area contributed by atoms with Crippen LogP contribution in [0, 0.1) is 13.8 Å². The van der Waals surface area contributed by atoms with Gasteiger partial charge in [-0.25, -0.2) is 4.98 Å². The van der Waals surface area contributed by atoms with Crippen LogP contribution >= 0.6 is 11.3 Å². The molecule has 0 bridgehead atoms. The fourth-order valence-corrected chi connectivity index (χ4v) is 3.82. The van der Waals surface area contributed by atoms with Gasteiger partial charge in [-0.15, -0.1) is 11.3 Å². The molecular weight excluding hydrogens is 364 g/mol. The van der Waals surface area contributed by atoms with Gasteiger partial charge in [-0.05, 0) is 38.0 Å². The Morgan fingerprint density at radius 2 is 2.19 bits per heavy atom. The fourth-order valence-electron chi connectivity index (χ4n) is 3.08. The molecule has 1 aliphatic rings. The molecule has 27 heavy (non-hydrogen) atoms. The van der Waals surface area contributed by atoms with Crippen LogP contribution in [0.2, 0.25) is 0 Å². The highest BCUT2D eigenvalue weighted by Crippen LogP contribution is 2.30. The molecule has 0 aliphatic carbocycles. The Morgan fingerprint density at radius 3 is 2.96 bits per heavy atom. The lowest BCUT2D eigenvalue weighted by Gasteiger charge is -2.17. The summed E-state index contributed by atoms with van der Waals surface area (Å²) in [7, 11) is 0. The van der Waals surface area contributed by atoms with Crippen LogP contribution in [0.15, 0.2) is 28.1 Å². The Morgan fingerprint density at radius 1 is 1.33 bits per heavy atom. The van der Waals surface area contributed by atoms with E-state index in [4.69, 9.17) is 4.52 Å². The lowest BCUT2D eigenvalue weighted by molar-refractivity contribution is -0.116. The molecule has 3 heterocycles. The van der Waals surface area contributed by atoms with Crippen molar-refractivity contribution in [3.63, 3.8) is 0 Å². The van der Waals surface area contributed by atoms with Crippen LogP contribution in [0.1, 0.15) is 29.0 Å². The van der Waals surface area contributed by atoms with Crippen molar-refractivity contribution in [3.05, 3.63) is 46.2 Å². The van der Waals surface area contributed by atoms with Crippen LogP contribution in [-0.4, -0.2) is 22.0 Å². The second-order valence-corrected chi connectivity index (χ2v) is 7.34. The first-order chi connectivity index (χ1) is 13.0. The van der Waals surface area contributed by atoms with Crippen LogP contribution in [0.4, 0.5) is 10.8 Å². The summed E-state index contributed by atoms with van der Waals surface area (Å²) in [4.78, 5) is 28.3. The topological polar surface area (TPSA) is 97.1 Å². The van der Waals surface area contributed by atoms with E-state index in [0.717, 1.165) is 40.2 Å². The molecule has 0 saturated heterocycles. The van der Waals surface area contributed by atoms with Gasteiger partial charge in [0.05, 0.1) is 17.8 Å². The number of hydrogen-bond acceptors (Lipinski definition) is 6. The smallest absolute Gasteiger partial charge is 0.230 e. The minimum Gasteiger partial charge on any atom is -0.361 e. The van der Waals surface area contributed by atoms with Gasteiger partial charge in [-0.3, -0.25) is 9.59 Å². The summed E-state index contributed by atoms with van der Waals surface area (Å²) >= 11 is 1.38. The van der Waals surface area contributed by atoms with Crippen molar-refractivity contribution in [2.75, 3.05) is 10.6 Å². The van der Waals surface area contributed by atoms with Gasteiger partial charge in [0.15, 0.2) is 5.13 Å². The van der Waals surface area contributed by atoms with E-state index in [1.807, 2.05) is 30.5 Å². The van der Waals surface area contributed by atoms with Crippen molar-refractivity contribution in [1.29, 1.82) is 0 Å². The molecule has 1 aliphatic heterocycles. The number of carbonyl (C=O) groups excluding carboxylic acids is 2. The van der Waals surface area contributed by atoms with E-state index in [1.54, 1.807) is 6.92 Å². The molecule has 1 aromatic carbocycles. The van der Waals surface area contributed by atoms with Crippen LogP contribution < -0.4 is 10.6 Å². The third-order valence-corrected chi connectivity index (χ3v) is 5.32. The molecule has 2 N–H and O–H groups in total. The molecule has 3 aromatic rings. The number of amides is 2. The quantitative estimate of drug-likeness (QED) is 0.720. The van der Waals surface area contributed by atoms with Crippen LogP contribution in [0.3, 0.4) is 0 Å². The first-order valence-electron chi connectivity index (χ1n) is 8.60. The Labute approximate surface area is 159 Å². The highest BCUT2D eigenvalue weighted by molar-refractivity contribution is 7.14. The standard InChI is InChI=1S/C19H18N4O3S/c1-10-14(11(2)26-23-10)8-18(25)22-19-21-16(9-27-19)13-3-5-15-12(7-13)4-6-17(24)20-15/h3,5,7,9H,4,6,8H2,1-2H3,(H,20,24)(H,21,22,25). The Hall–Kier alpha value is -3.00. The minimum atomic E-state index is -0.154. The fraction of sp³-hybridized carbons (Fsp3) is 0.263. The number of hydrogen-bond donors (Lipinski definition) is 2. The first kappa shape index (κ1) is 17.4. The molecule has 8 heteroatoms. The third-order valence-electron chi connectivity index (χ3n) is 4.57. The lowest BCUT2D eigenvalue weighted by Crippen LogP contribution is -2.18. The number of nitrogens with one attached hydrogen (secondary N) is 2. The normalized spacial score (nSPS) is 13.2. The van der Waals surface area contributed by atoms with Crippen LogP contribution in [0.5, 0.6) is 0 Å². The van der Waals surface area contributed by atoms with E-state index in [2.05, 4.69) is 20.8 Å². The molecule has 7 nitrogen and oxygen atoms in total. The van der Waals surface area contributed by atoms with Gasteiger partial charge >= 0.3 is 0 Å². The van der Waals surface area contributed by atoms with Gasteiger partial charge in [0.1, 0.15) is 5.76 Å². The first-order valence-corrected chi connectivity index (χ1v) is 9.48. The molecule has 138 valence electrons. The molecule has 0 atom stereocenters. The van der Waals surface area contributed by atoms with Gasteiger partial charge in [0, 0.05) is 28.6 Å². The predicted octanol–water partition coefficient (Wildman–Crippen LogP) is 3.48. The Kier molecular flexibility index (Phi) is 4.49. The second-order valence-electron chi connectivity index (χ2n) is 6.49. The average Bonchev–Trinajstić information content (AvgIpc) is 3.23. The molecule has 0 unspecified atom stereocenters. The second kappa shape index (κ2) is 6.96. The number of nitrogens with zero attached hydrogens (tertiary/aromatic N) is 2. The summed E-state index contributed by atoms with van der Waals surface area (Å²) < 4.78 is 5.09. The lowest BCUT2D eigenvalue weighted by atomic mass is 9.99. The monoisotopic (exact) mass is 382 g/mol. The van der Waals surface area contributed by atoms with E-state index in [-0.39, 0.29) is 18.2 Å². The number of fused-ring (bicyclic) bond motifs is 1. The summed E-state index contributed by atoms with van der Waals surface area (Å²) in [5.74, 6) is 0.550. The van der Waals surface area contributed by atoms with E-state index in [0.29, 0.717) is 17.3 Å². The number of aromatic nitrogens is 2. The highest BCUT2D eigenvalue weighted by atomic mass is 32.1. The zero-order valence-electron chi connectivity index (χ0n) is 15.0. The summed E-state index contributed by atoms with van der Waals surface area (Å²) in [5, 5.41) is 12.0. The molecule has 0 spiro atoms. The van der Waals surface area contributed by atoms with E-state index < -0.39 is 0 Å². The van der Waals surface area contributed by atoms with E-state index in [1.165, 1.54) is 11.3 Å². The highest BCUT2D eigenvalue weighted by Gasteiger charge is 2.17. The zero-order valence-corrected chi connectivity index (χ0v) is 15.8. The van der Waals surface area contributed by atoms with E-state index >= 15 is 0 Å². The molecule has 4 rings (SSSR count). The zero-order chi connectivity index (χ0) is 19.0. The Balaban J connectivity index is 1.47. The molecule has 0 fully saturated rings. The van der Waals surface area contributed by atoms with Gasteiger partial charge in [0.2, 0.25) is 11.8 Å². The summed E-state index contributed by atoms with van der Waals surface area (Å²) in [6.45, 7) is 3.61. The number of carbonyl (C=O) groups is 2. The molecule has 0 radical (unpaired) electrons. The van der Waals surface area contributed by atoms with Crippen LogP contribution in [0.25, 0.3) is 11.3 Å². The minimum absolute atomic E-state index is 0.0483. The van der Waals surface area contributed by atoms with Gasteiger partial charge < -0.3 is 15.2 Å². The predicted molar refractivity (Wildman–Crippen MR) is 103 cm³/mol. The van der Waals surface area contributed by atoms with Crippen molar-refractivity contribution in [2.24, 2.45) is 0 Å². The number of thiazole rings is 1. The average molecular weight is 382 g/mol. The number of benzene rings is 1. The SMILES string of the molecule is Cc1noc(C)c1CC(=O)Nc1nc(-c2ccc3c(c2)CCC(=O)N3)cs1. The van der Waals surface area contributed by atoms with Gasteiger partial charge in [-0.2, -0.15) is 0 Å². The summed E-state index contributed by atoms with van der Waals surface area (Å²) in [6, 6.07) is 5.87.